The van der Waals surface area contributed by atoms with Gasteiger partial charge in [-0.25, -0.2) is 0 Å². The van der Waals surface area contributed by atoms with E-state index in [4.69, 9.17) is 10.2 Å². The van der Waals surface area contributed by atoms with Crippen molar-refractivity contribution < 1.29 is 9.21 Å². The molecule has 1 aliphatic carbocycles. The van der Waals surface area contributed by atoms with Gasteiger partial charge in [0.15, 0.2) is 0 Å². The van der Waals surface area contributed by atoms with Crippen LogP contribution < -0.4 is 5.73 Å². The molecule has 0 spiro atoms. The van der Waals surface area contributed by atoms with E-state index in [1.807, 2.05) is 17.0 Å². The first kappa shape index (κ1) is 15.1. The van der Waals surface area contributed by atoms with Crippen LogP contribution in [0.5, 0.6) is 0 Å². The number of furan rings is 1. The molecule has 1 atom stereocenters. The van der Waals surface area contributed by atoms with E-state index >= 15 is 0 Å². The van der Waals surface area contributed by atoms with Crippen LogP contribution in [0.4, 0.5) is 0 Å². The molecule has 0 radical (unpaired) electrons. The zero-order valence-electron chi connectivity index (χ0n) is 12.8. The van der Waals surface area contributed by atoms with Gasteiger partial charge in [0.05, 0.1) is 12.8 Å². The first-order chi connectivity index (χ1) is 9.35. The minimum Gasteiger partial charge on any atom is -0.467 e. The molecule has 1 aromatic rings. The Morgan fingerprint density at radius 3 is 2.70 bits per heavy atom. The number of carbonyl (C=O) groups is 1. The Morgan fingerprint density at radius 2 is 2.20 bits per heavy atom. The predicted molar refractivity (Wildman–Crippen MR) is 78.9 cm³/mol. The fourth-order valence-corrected chi connectivity index (χ4v) is 2.58. The zero-order chi connectivity index (χ0) is 14.8. The molecule has 4 heteroatoms. The Bertz CT molecular complexity index is 430. The first-order valence-electron chi connectivity index (χ1n) is 7.42. The van der Waals surface area contributed by atoms with Crippen molar-refractivity contribution in [1.82, 2.24) is 4.90 Å². The Morgan fingerprint density at radius 1 is 1.50 bits per heavy atom. The standard InChI is InChI=1S/C16H26N2O2/c1-16(2,3)10-12(17)9-15(19)18(13-6-7-13)11-14-5-4-8-20-14/h4-5,8,12-13H,6-7,9-11,17H2,1-3H3. The lowest BCUT2D eigenvalue weighted by Crippen LogP contribution is -2.38. The smallest absolute Gasteiger partial charge is 0.224 e. The quantitative estimate of drug-likeness (QED) is 0.870. The molecule has 1 aliphatic rings. The summed E-state index contributed by atoms with van der Waals surface area (Å²) < 4.78 is 5.35. The van der Waals surface area contributed by atoms with Gasteiger partial charge < -0.3 is 15.1 Å². The molecule has 1 unspecified atom stereocenters. The zero-order valence-corrected chi connectivity index (χ0v) is 12.8. The lowest BCUT2D eigenvalue weighted by Gasteiger charge is -2.26. The Labute approximate surface area is 121 Å². The van der Waals surface area contributed by atoms with Crippen LogP contribution in [0.1, 0.15) is 52.2 Å². The SMILES string of the molecule is CC(C)(C)CC(N)CC(=O)N(Cc1ccco1)C1CC1. The molecular weight excluding hydrogens is 252 g/mol. The highest BCUT2D eigenvalue weighted by molar-refractivity contribution is 5.77. The average Bonchev–Trinajstić information content (AvgIpc) is 3.00. The molecule has 0 bridgehead atoms. The molecule has 0 aliphatic heterocycles. The van der Waals surface area contributed by atoms with Gasteiger partial charge in [0.1, 0.15) is 5.76 Å². The van der Waals surface area contributed by atoms with Crippen LogP contribution in [0.3, 0.4) is 0 Å². The van der Waals surface area contributed by atoms with Crippen molar-refractivity contribution in [2.75, 3.05) is 0 Å². The highest BCUT2D eigenvalue weighted by Gasteiger charge is 2.33. The summed E-state index contributed by atoms with van der Waals surface area (Å²) in [5, 5.41) is 0. The van der Waals surface area contributed by atoms with Gasteiger partial charge >= 0.3 is 0 Å². The van der Waals surface area contributed by atoms with Gasteiger partial charge in [-0.1, -0.05) is 20.8 Å². The monoisotopic (exact) mass is 278 g/mol. The molecule has 1 fully saturated rings. The minimum atomic E-state index is -0.0691. The average molecular weight is 278 g/mol. The van der Waals surface area contributed by atoms with Crippen LogP contribution in [0, 0.1) is 5.41 Å². The van der Waals surface area contributed by atoms with Gasteiger partial charge in [0, 0.05) is 18.5 Å². The molecule has 1 heterocycles. The normalized spacial score (nSPS) is 17.0. The third-order valence-corrected chi connectivity index (χ3v) is 3.53. The van der Waals surface area contributed by atoms with Crippen LogP contribution >= 0.6 is 0 Å². The molecule has 0 saturated heterocycles. The van der Waals surface area contributed by atoms with E-state index in [-0.39, 0.29) is 17.4 Å². The Kier molecular flexibility index (Phi) is 4.53. The van der Waals surface area contributed by atoms with Crippen molar-refractivity contribution in [3.05, 3.63) is 24.2 Å². The second kappa shape index (κ2) is 6.00. The van der Waals surface area contributed by atoms with Crippen molar-refractivity contribution in [1.29, 1.82) is 0 Å². The van der Waals surface area contributed by atoms with Crippen LogP contribution in [-0.2, 0) is 11.3 Å². The molecule has 2 rings (SSSR count). The number of nitrogens with zero attached hydrogens (tertiary/aromatic N) is 1. The molecule has 1 saturated carbocycles. The van der Waals surface area contributed by atoms with E-state index < -0.39 is 0 Å². The summed E-state index contributed by atoms with van der Waals surface area (Å²) in [5.74, 6) is 0.996. The molecule has 4 nitrogen and oxygen atoms in total. The van der Waals surface area contributed by atoms with Crippen molar-refractivity contribution in [2.45, 2.75) is 65.1 Å². The summed E-state index contributed by atoms with van der Waals surface area (Å²) in [7, 11) is 0. The lowest BCUT2D eigenvalue weighted by atomic mass is 9.87. The van der Waals surface area contributed by atoms with E-state index in [0.29, 0.717) is 19.0 Å². The van der Waals surface area contributed by atoms with Crippen molar-refractivity contribution in [3.63, 3.8) is 0 Å². The lowest BCUT2D eigenvalue weighted by molar-refractivity contribution is -0.133. The number of nitrogens with two attached hydrogens (primary N) is 1. The van der Waals surface area contributed by atoms with Gasteiger partial charge in [0.2, 0.25) is 5.91 Å². The summed E-state index contributed by atoms with van der Waals surface area (Å²) in [4.78, 5) is 14.4. The minimum absolute atomic E-state index is 0.0691. The second-order valence-corrected chi connectivity index (χ2v) is 7.06. The van der Waals surface area contributed by atoms with E-state index in [9.17, 15) is 4.79 Å². The molecule has 0 aromatic carbocycles. The highest BCUT2D eigenvalue weighted by atomic mass is 16.3. The maximum atomic E-state index is 12.5. The molecule has 1 amide bonds. The highest BCUT2D eigenvalue weighted by Crippen LogP contribution is 2.30. The van der Waals surface area contributed by atoms with Crippen molar-refractivity contribution >= 4 is 5.91 Å². The number of carbonyl (C=O) groups excluding carboxylic acids is 1. The topological polar surface area (TPSA) is 59.5 Å². The van der Waals surface area contributed by atoms with E-state index in [2.05, 4.69) is 20.8 Å². The summed E-state index contributed by atoms with van der Waals surface area (Å²) in [6.07, 6.45) is 5.13. The number of amides is 1. The summed E-state index contributed by atoms with van der Waals surface area (Å²) >= 11 is 0. The Balaban J connectivity index is 1.90. The fraction of sp³-hybridized carbons (Fsp3) is 0.688. The van der Waals surface area contributed by atoms with Gasteiger partial charge in [-0.05, 0) is 36.8 Å². The maximum Gasteiger partial charge on any atom is 0.224 e. The van der Waals surface area contributed by atoms with E-state index in [0.717, 1.165) is 25.0 Å². The maximum absolute atomic E-state index is 12.5. The molecule has 2 N–H and O–H groups in total. The molecule has 1 aromatic heterocycles. The van der Waals surface area contributed by atoms with Crippen LogP contribution in [0.2, 0.25) is 0 Å². The predicted octanol–water partition coefficient (Wildman–Crippen LogP) is 2.92. The summed E-state index contributed by atoms with van der Waals surface area (Å²) in [6, 6.07) is 4.09. The molecule has 112 valence electrons. The summed E-state index contributed by atoms with van der Waals surface area (Å²) in [6.45, 7) is 7.02. The van der Waals surface area contributed by atoms with Gasteiger partial charge in [-0.15, -0.1) is 0 Å². The molecule has 20 heavy (non-hydrogen) atoms. The second-order valence-electron chi connectivity index (χ2n) is 7.06. The first-order valence-corrected chi connectivity index (χ1v) is 7.42. The van der Waals surface area contributed by atoms with Gasteiger partial charge in [0.25, 0.3) is 0 Å². The van der Waals surface area contributed by atoms with Gasteiger partial charge in [-0.3, -0.25) is 4.79 Å². The Hall–Kier alpha value is -1.29. The number of hydrogen-bond donors (Lipinski definition) is 1. The fourth-order valence-electron chi connectivity index (χ4n) is 2.58. The van der Waals surface area contributed by atoms with E-state index in [1.54, 1.807) is 6.26 Å². The summed E-state index contributed by atoms with van der Waals surface area (Å²) in [5.41, 5.74) is 6.28. The van der Waals surface area contributed by atoms with Crippen molar-refractivity contribution in [3.8, 4) is 0 Å². The van der Waals surface area contributed by atoms with Gasteiger partial charge in [-0.2, -0.15) is 0 Å². The van der Waals surface area contributed by atoms with Crippen LogP contribution in [0.25, 0.3) is 0 Å². The van der Waals surface area contributed by atoms with Crippen molar-refractivity contribution in [2.24, 2.45) is 11.1 Å². The van der Waals surface area contributed by atoms with E-state index in [1.165, 1.54) is 0 Å². The molecular formula is C16H26N2O2. The number of rotatable bonds is 6. The third kappa shape index (κ3) is 4.67. The largest absolute Gasteiger partial charge is 0.467 e. The van der Waals surface area contributed by atoms with Crippen LogP contribution in [-0.4, -0.2) is 22.9 Å². The van der Waals surface area contributed by atoms with Crippen LogP contribution in [0.15, 0.2) is 22.8 Å². The number of hydrogen-bond acceptors (Lipinski definition) is 3. The third-order valence-electron chi connectivity index (χ3n) is 3.53.